The summed E-state index contributed by atoms with van der Waals surface area (Å²) in [5.41, 5.74) is 0.995. The number of ether oxygens (including phenoxy) is 1. The Morgan fingerprint density at radius 3 is 2.83 bits per heavy atom. The van der Waals surface area contributed by atoms with Crippen molar-refractivity contribution in [3.8, 4) is 5.75 Å². The molecule has 0 unspecified atom stereocenters. The summed E-state index contributed by atoms with van der Waals surface area (Å²) in [6.45, 7) is 0.482. The van der Waals surface area contributed by atoms with Crippen molar-refractivity contribution in [1.29, 1.82) is 0 Å². The van der Waals surface area contributed by atoms with Crippen molar-refractivity contribution in [2.24, 2.45) is 0 Å². The molecule has 1 aromatic rings. The second-order valence-corrected chi connectivity index (χ2v) is 4.67. The number of carbonyl (C=O) groups is 2. The van der Waals surface area contributed by atoms with Crippen LogP contribution in [0.3, 0.4) is 0 Å². The molecule has 0 spiro atoms. The fourth-order valence-electron chi connectivity index (χ4n) is 2.19. The fraction of sp³-hybridized carbons (Fsp3) is 0.385. The summed E-state index contributed by atoms with van der Waals surface area (Å²) in [4.78, 5) is 24.6. The standard InChI is InChI=1S/C13H13NO4/c15-12-7-18-11-4-1-8(13(16)17)5-9(11)6-14(12)10-2-3-10/h1,4-5,10H,2-3,6-7H2,(H,16,17). The number of carboxylic acid groups (broad SMARTS) is 1. The van der Waals surface area contributed by atoms with E-state index in [1.165, 1.54) is 6.07 Å². The van der Waals surface area contributed by atoms with Gasteiger partial charge in [-0.05, 0) is 31.0 Å². The van der Waals surface area contributed by atoms with Gasteiger partial charge in [-0.2, -0.15) is 0 Å². The van der Waals surface area contributed by atoms with Crippen LogP contribution in [0.15, 0.2) is 18.2 Å². The monoisotopic (exact) mass is 247 g/mol. The fourth-order valence-corrected chi connectivity index (χ4v) is 2.19. The van der Waals surface area contributed by atoms with E-state index in [1.54, 1.807) is 17.0 Å². The number of benzene rings is 1. The summed E-state index contributed by atoms with van der Waals surface area (Å²) in [6.07, 6.45) is 2.05. The van der Waals surface area contributed by atoms with Crippen LogP contribution in [0.25, 0.3) is 0 Å². The van der Waals surface area contributed by atoms with Gasteiger partial charge in [-0.15, -0.1) is 0 Å². The maximum absolute atomic E-state index is 11.9. The second-order valence-electron chi connectivity index (χ2n) is 4.67. The Morgan fingerprint density at radius 2 is 2.17 bits per heavy atom. The van der Waals surface area contributed by atoms with E-state index in [0.29, 0.717) is 18.3 Å². The predicted molar refractivity (Wildman–Crippen MR) is 62.5 cm³/mol. The van der Waals surface area contributed by atoms with E-state index >= 15 is 0 Å². The number of hydrogen-bond acceptors (Lipinski definition) is 3. The number of carbonyl (C=O) groups excluding carboxylic acids is 1. The smallest absolute Gasteiger partial charge is 0.335 e. The van der Waals surface area contributed by atoms with Crippen molar-refractivity contribution in [3.05, 3.63) is 29.3 Å². The first-order valence-electron chi connectivity index (χ1n) is 5.93. The van der Waals surface area contributed by atoms with Gasteiger partial charge < -0.3 is 14.7 Å². The van der Waals surface area contributed by atoms with E-state index in [-0.39, 0.29) is 18.1 Å². The normalized spacial score (nSPS) is 18.9. The van der Waals surface area contributed by atoms with E-state index in [2.05, 4.69) is 0 Å². The van der Waals surface area contributed by atoms with E-state index in [0.717, 1.165) is 18.4 Å². The van der Waals surface area contributed by atoms with Gasteiger partial charge in [-0.3, -0.25) is 4.79 Å². The third kappa shape index (κ3) is 1.92. The highest BCUT2D eigenvalue weighted by atomic mass is 16.5. The zero-order valence-corrected chi connectivity index (χ0v) is 9.76. The molecule has 0 aromatic heterocycles. The van der Waals surface area contributed by atoms with Crippen LogP contribution in [0.2, 0.25) is 0 Å². The Hall–Kier alpha value is -2.04. The molecule has 1 amide bonds. The summed E-state index contributed by atoms with van der Waals surface area (Å²) >= 11 is 0. The number of amides is 1. The van der Waals surface area contributed by atoms with E-state index < -0.39 is 5.97 Å². The van der Waals surface area contributed by atoms with Crippen molar-refractivity contribution in [1.82, 2.24) is 4.90 Å². The van der Waals surface area contributed by atoms with Gasteiger partial charge in [0.15, 0.2) is 6.61 Å². The van der Waals surface area contributed by atoms with Crippen molar-refractivity contribution >= 4 is 11.9 Å². The summed E-state index contributed by atoms with van der Waals surface area (Å²) < 4.78 is 5.42. The van der Waals surface area contributed by atoms with Crippen LogP contribution < -0.4 is 4.74 Å². The van der Waals surface area contributed by atoms with Gasteiger partial charge in [0.05, 0.1) is 5.56 Å². The summed E-state index contributed by atoms with van der Waals surface area (Å²) in [5, 5.41) is 8.97. The van der Waals surface area contributed by atoms with Gasteiger partial charge in [0.1, 0.15) is 5.75 Å². The number of aromatic carboxylic acids is 1. The third-order valence-electron chi connectivity index (χ3n) is 3.31. The van der Waals surface area contributed by atoms with Crippen LogP contribution >= 0.6 is 0 Å². The molecule has 0 saturated heterocycles. The van der Waals surface area contributed by atoms with Crippen molar-refractivity contribution in [2.75, 3.05) is 6.61 Å². The number of fused-ring (bicyclic) bond motifs is 1. The molecule has 1 aliphatic heterocycles. The number of carboxylic acids is 1. The largest absolute Gasteiger partial charge is 0.483 e. The second kappa shape index (κ2) is 4.01. The van der Waals surface area contributed by atoms with Gasteiger partial charge in [-0.25, -0.2) is 4.79 Å². The van der Waals surface area contributed by atoms with Crippen molar-refractivity contribution in [2.45, 2.75) is 25.4 Å². The molecule has 1 fully saturated rings. The van der Waals surface area contributed by atoms with Gasteiger partial charge in [0, 0.05) is 18.2 Å². The molecule has 5 nitrogen and oxygen atoms in total. The molecule has 18 heavy (non-hydrogen) atoms. The molecule has 94 valence electrons. The molecule has 5 heteroatoms. The maximum Gasteiger partial charge on any atom is 0.335 e. The molecule has 1 aromatic carbocycles. The van der Waals surface area contributed by atoms with E-state index in [1.807, 2.05) is 0 Å². The highest BCUT2D eigenvalue weighted by Gasteiger charge is 2.34. The molecule has 1 aliphatic carbocycles. The Labute approximate surface area is 104 Å². The van der Waals surface area contributed by atoms with Crippen LogP contribution in [-0.4, -0.2) is 34.5 Å². The lowest BCUT2D eigenvalue weighted by Gasteiger charge is -2.19. The molecule has 1 saturated carbocycles. The highest BCUT2D eigenvalue weighted by molar-refractivity contribution is 5.88. The lowest BCUT2D eigenvalue weighted by molar-refractivity contribution is -0.133. The van der Waals surface area contributed by atoms with Gasteiger partial charge in [0.2, 0.25) is 0 Å². The van der Waals surface area contributed by atoms with Crippen LogP contribution in [0.5, 0.6) is 5.75 Å². The average Bonchev–Trinajstić information content (AvgIpc) is 3.16. The van der Waals surface area contributed by atoms with Crippen LogP contribution in [0, 0.1) is 0 Å². The minimum Gasteiger partial charge on any atom is -0.483 e. The van der Waals surface area contributed by atoms with Crippen LogP contribution in [0.4, 0.5) is 0 Å². The minimum absolute atomic E-state index is 0.0226. The first-order valence-corrected chi connectivity index (χ1v) is 5.93. The highest BCUT2D eigenvalue weighted by Crippen LogP contribution is 2.32. The first-order chi connectivity index (χ1) is 8.65. The zero-order valence-electron chi connectivity index (χ0n) is 9.76. The van der Waals surface area contributed by atoms with Gasteiger partial charge in [-0.1, -0.05) is 0 Å². The minimum atomic E-state index is -0.966. The van der Waals surface area contributed by atoms with Crippen LogP contribution in [0.1, 0.15) is 28.8 Å². The van der Waals surface area contributed by atoms with Gasteiger partial charge in [0.25, 0.3) is 5.91 Å². The molecule has 0 bridgehead atoms. The van der Waals surface area contributed by atoms with E-state index in [9.17, 15) is 9.59 Å². The molecule has 0 radical (unpaired) electrons. The lowest BCUT2D eigenvalue weighted by Crippen LogP contribution is -2.34. The SMILES string of the molecule is O=C(O)c1ccc2c(c1)CN(C1CC1)C(=O)CO2. The number of hydrogen-bond donors (Lipinski definition) is 1. The van der Waals surface area contributed by atoms with Gasteiger partial charge >= 0.3 is 5.97 Å². The third-order valence-corrected chi connectivity index (χ3v) is 3.31. The quantitative estimate of drug-likeness (QED) is 0.854. The average molecular weight is 247 g/mol. The number of rotatable bonds is 2. The molecule has 2 aliphatic rings. The predicted octanol–water partition coefficient (Wildman–Crippen LogP) is 1.27. The lowest BCUT2D eigenvalue weighted by atomic mass is 10.1. The zero-order chi connectivity index (χ0) is 12.7. The van der Waals surface area contributed by atoms with Crippen molar-refractivity contribution in [3.63, 3.8) is 0 Å². The Bertz CT molecular complexity index is 522. The Balaban J connectivity index is 1.95. The maximum atomic E-state index is 11.9. The molecule has 1 heterocycles. The Morgan fingerprint density at radius 1 is 1.39 bits per heavy atom. The topological polar surface area (TPSA) is 66.8 Å². The first kappa shape index (κ1) is 11.1. The van der Waals surface area contributed by atoms with Crippen LogP contribution in [-0.2, 0) is 11.3 Å². The van der Waals surface area contributed by atoms with Crippen molar-refractivity contribution < 1.29 is 19.4 Å². The molecule has 0 atom stereocenters. The summed E-state index contributed by atoms with van der Waals surface area (Å²) in [7, 11) is 0. The van der Waals surface area contributed by atoms with E-state index in [4.69, 9.17) is 9.84 Å². The Kier molecular flexibility index (Phi) is 2.47. The summed E-state index contributed by atoms with van der Waals surface area (Å²) in [5.74, 6) is -0.381. The summed E-state index contributed by atoms with van der Waals surface area (Å²) in [6, 6.07) is 5.02. The molecular weight excluding hydrogens is 234 g/mol. The molecule has 3 rings (SSSR count). The molecular formula is C13H13NO4. The number of nitrogens with zero attached hydrogens (tertiary/aromatic N) is 1. The molecule has 1 N–H and O–H groups in total.